The summed E-state index contributed by atoms with van der Waals surface area (Å²) >= 11 is 6.03. The number of aromatic nitrogens is 3. The molecule has 3 aromatic rings. The summed E-state index contributed by atoms with van der Waals surface area (Å²) in [6, 6.07) is 10.8. The van der Waals surface area contributed by atoms with Crippen molar-refractivity contribution in [3.63, 3.8) is 0 Å². The number of rotatable bonds is 5. The van der Waals surface area contributed by atoms with Crippen molar-refractivity contribution in [1.82, 2.24) is 15.0 Å². The minimum absolute atomic E-state index is 0.196. The Balaban J connectivity index is 1.73. The summed E-state index contributed by atoms with van der Waals surface area (Å²) in [5.74, 6) is 0.338. The van der Waals surface area contributed by atoms with Crippen LogP contribution in [0.4, 0.5) is 15.9 Å². The minimum Gasteiger partial charge on any atom is -0.353 e. The summed E-state index contributed by atoms with van der Waals surface area (Å²) in [6.07, 6.45) is 2.49. The van der Waals surface area contributed by atoms with E-state index in [2.05, 4.69) is 34.1 Å². The van der Waals surface area contributed by atoms with E-state index >= 15 is 0 Å². The van der Waals surface area contributed by atoms with Crippen LogP contribution < -0.4 is 10.2 Å². The first kappa shape index (κ1) is 21.2. The first-order chi connectivity index (χ1) is 14.9. The number of carbonyl (C=O) groups excluding carboxylic acids is 1. The topological polar surface area (TPSA) is 71.0 Å². The predicted molar refractivity (Wildman–Crippen MR) is 120 cm³/mol. The molecule has 31 heavy (non-hydrogen) atoms. The Morgan fingerprint density at radius 2 is 1.94 bits per heavy atom. The lowest BCUT2D eigenvalue weighted by atomic mass is 10.0. The summed E-state index contributed by atoms with van der Waals surface area (Å²) in [4.78, 5) is 28.3. The molecule has 0 spiro atoms. The van der Waals surface area contributed by atoms with Crippen molar-refractivity contribution in [1.29, 1.82) is 0 Å². The molecule has 1 aliphatic rings. The second-order valence-corrected chi connectivity index (χ2v) is 8.28. The maximum Gasteiger partial charge on any atom is 0.261 e. The smallest absolute Gasteiger partial charge is 0.261 e. The molecule has 4 rings (SSSR count). The maximum absolute atomic E-state index is 13.9. The molecular formula is C23H23ClFN5O. The zero-order valence-corrected chi connectivity index (χ0v) is 18.1. The average Bonchev–Trinajstić information content (AvgIpc) is 3.20. The van der Waals surface area contributed by atoms with E-state index in [9.17, 15) is 9.18 Å². The number of pyridine rings is 1. The second-order valence-electron chi connectivity index (χ2n) is 7.84. The van der Waals surface area contributed by atoms with Gasteiger partial charge in [-0.2, -0.15) is 0 Å². The highest BCUT2D eigenvalue weighted by Gasteiger charge is 2.29. The molecule has 0 bridgehead atoms. The largest absolute Gasteiger partial charge is 0.353 e. The molecule has 0 saturated carbocycles. The van der Waals surface area contributed by atoms with Gasteiger partial charge in [0.25, 0.3) is 5.91 Å². The maximum atomic E-state index is 13.9. The summed E-state index contributed by atoms with van der Waals surface area (Å²) < 4.78 is 13.9. The van der Waals surface area contributed by atoms with Gasteiger partial charge >= 0.3 is 0 Å². The highest BCUT2D eigenvalue weighted by molar-refractivity contribution is 6.30. The second kappa shape index (κ2) is 8.98. The standard InChI is InChI=1S/C23H23ClFN5O/c1-14(2)19-8-7-18(11-26-19)29-23(31)20-21(15-3-5-16(24)6-4-15)27-13-28-22(20)30-10-9-17(25)12-30/h3-8,11,13-14,17H,9-10,12H2,1-2H3,(H,29,31)/t17-/m0/s1. The molecule has 1 aromatic carbocycles. The number of nitrogens with zero attached hydrogens (tertiary/aromatic N) is 4. The molecule has 1 saturated heterocycles. The molecule has 0 aliphatic carbocycles. The van der Waals surface area contributed by atoms with Gasteiger partial charge in [-0.05, 0) is 36.6 Å². The number of halogens is 2. The van der Waals surface area contributed by atoms with E-state index in [0.717, 1.165) is 11.3 Å². The van der Waals surface area contributed by atoms with Crippen molar-refractivity contribution in [2.24, 2.45) is 0 Å². The van der Waals surface area contributed by atoms with E-state index in [1.807, 2.05) is 12.1 Å². The van der Waals surface area contributed by atoms with Crippen LogP contribution in [0.15, 0.2) is 48.9 Å². The van der Waals surface area contributed by atoms with Crippen LogP contribution >= 0.6 is 11.6 Å². The number of benzene rings is 1. The molecule has 3 heterocycles. The number of hydrogen-bond donors (Lipinski definition) is 1. The summed E-state index contributed by atoms with van der Waals surface area (Å²) in [6.45, 7) is 4.80. The first-order valence-corrected chi connectivity index (χ1v) is 10.6. The Labute approximate surface area is 185 Å². The normalized spacial score (nSPS) is 16.0. The fourth-order valence-electron chi connectivity index (χ4n) is 3.58. The van der Waals surface area contributed by atoms with Gasteiger partial charge in [0, 0.05) is 22.8 Å². The van der Waals surface area contributed by atoms with Gasteiger partial charge in [-0.1, -0.05) is 37.6 Å². The number of alkyl halides is 1. The molecule has 1 N–H and O–H groups in total. The van der Waals surface area contributed by atoms with Gasteiger partial charge < -0.3 is 10.2 Å². The van der Waals surface area contributed by atoms with Crippen molar-refractivity contribution in [2.45, 2.75) is 32.4 Å². The van der Waals surface area contributed by atoms with Crippen LogP contribution in [-0.2, 0) is 0 Å². The Kier molecular flexibility index (Phi) is 6.13. The fourth-order valence-corrected chi connectivity index (χ4v) is 3.70. The highest BCUT2D eigenvalue weighted by Crippen LogP contribution is 2.31. The highest BCUT2D eigenvalue weighted by atomic mass is 35.5. The van der Waals surface area contributed by atoms with Gasteiger partial charge in [0.1, 0.15) is 23.9 Å². The molecule has 1 fully saturated rings. The third-order valence-corrected chi connectivity index (χ3v) is 5.49. The van der Waals surface area contributed by atoms with Crippen LogP contribution in [0.3, 0.4) is 0 Å². The van der Waals surface area contributed by atoms with E-state index in [1.54, 1.807) is 35.4 Å². The first-order valence-electron chi connectivity index (χ1n) is 10.2. The summed E-state index contributed by atoms with van der Waals surface area (Å²) in [5, 5.41) is 3.48. The van der Waals surface area contributed by atoms with E-state index in [4.69, 9.17) is 11.6 Å². The van der Waals surface area contributed by atoms with Crippen LogP contribution in [0.25, 0.3) is 11.3 Å². The third kappa shape index (κ3) is 4.66. The van der Waals surface area contributed by atoms with Crippen molar-refractivity contribution in [3.05, 3.63) is 65.2 Å². The van der Waals surface area contributed by atoms with Crippen molar-refractivity contribution < 1.29 is 9.18 Å². The average molecular weight is 440 g/mol. The quantitative estimate of drug-likeness (QED) is 0.597. The summed E-state index contributed by atoms with van der Waals surface area (Å²) in [5.41, 5.74) is 2.99. The lowest BCUT2D eigenvalue weighted by molar-refractivity contribution is 0.102. The monoisotopic (exact) mass is 439 g/mol. The van der Waals surface area contributed by atoms with Gasteiger partial charge in [0.2, 0.25) is 0 Å². The van der Waals surface area contributed by atoms with Gasteiger partial charge in [-0.3, -0.25) is 9.78 Å². The van der Waals surface area contributed by atoms with Gasteiger partial charge in [-0.25, -0.2) is 14.4 Å². The number of hydrogen-bond acceptors (Lipinski definition) is 5. The molecule has 1 atom stereocenters. The molecule has 0 radical (unpaired) electrons. The van der Waals surface area contributed by atoms with Gasteiger partial charge in [-0.15, -0.1) is 0 Å². The number of carbonyl (C=O) groups is 1. The van der Waals surface area contributed by atoms with Crippen LogP contribution in [-0.4, -0.2) is 40.1 Å². The molecule has 0 unspecified atom stereocenters. The Hall–Kier alpha value is -3.06. The van der Waals surface area contributed by atoms with Gasteiger partial charge in [0.05, 0.1) is 24.1 Å². The molecule has 8 heteroatoms. The Morgan fingerprint density at radius 1 is 1.16 bits per heavy atom. The fraction of sp³-hybridized carbons (Fsp3) is 0.304. The lowest BCUT2D eigenvalue weighted by Gasteiger charge is -2.21. The van der Waals surface area contributed by atoms with Crippen LogP contribution in [0.2, 0.25) is 5.02 Å². The molecular weight excluding hydrogens is 417 g/mol. The van der Waals surface area contributed by atoms with Crippen LogP contribution in [0.5, 0.6) is 0 Å². The van der Waals surface area contributed by atoms with E-state index in [-0.39, 0.29) is 12.5 Å². The molecule has 6 nitrogen and oxygen atoms in total. The minimum atomic E-state index is -0.947. The Morgan fingerprint density at radius 3 is 2.55 bits per heavy atom. The van der Waals surface area contributed by atoms with Crippen LogP contribution in [0.1, 0.15) is 42.2 Å². The van der Waals surface area contributed by atoms with Crippen molar-refractivity contribution in [2.75, 3.05) is 23.3 Å². The number of nitrogens with one attached hydrogen (secondary N) is 1. The Bertz CT molecular complexity index is 1070. The zero-order valence-electron chi connectivity index (χ0n) is 17.3. The number of amides is 1. The third-order valence-electron chi connectivity index (χ3n) is 5.24. The molecule has 1 amide bonds. The van der Waals surface area contributed by atoms with E-state index in [0.29, 0.717) is 46.7 Å². The van der Waals surface area contributed by atoms with Crippen LogP contribution in [0, 0.1) is 0 Å². The van der Waals surface area contributed by atoms with E-state index in [1.165, 1.54) is 6.33 Å². The van der Waals surface area contributed by atoms with Crippen molar-refractivity contribution in [3.8, 4) is 11.3 Å². The lowest BCUT2D eigenvalue weighted by Crippen LogP contribution is -2.26. The van der Waals surface area contributed by atoms with Crippen molar-refractivity contribution >= 4 is 29.0 Å². The molecule has 1 aliphatic heterocycles. The SMILES string of the molecule is CC(C)c1ccc(NC(=O)c2c(-c3ccc(Cl)cc3)ncnc2N2CC[C@H](F)C2)cn1. The molecule has 2 aromatic heterocycles. The van der Waals surface area contributed by atoms with Gasteiger partial charge in [0.15, 0.2) is 0 Å². The zero-order chi connectivity index (χ0) is 22.0. The predicted octanol–water partition coefficient (Wildman–Crippen LogP) is 5.12. The number of anilines is 2. The molecule has 160 valence electrons. The van der Waals surface area contributed by atoms with E-state index < -0.39 is 6.17 Å². The summed E-state index contributed by atoms with van der Waals surface area (Å²) in [7, 11) is 0.